The zero-order valence-corrected chi connectivity index (χ0v) is 19.8. The van der Waals surface area contributed by atoms with Gasteiger partial charge in [0.15, 0.2) is 0 Å². The lowest BCUT2D eigenvalue weighted by atomic mass is 9.74. The van der Waals surface area contributed by atoms with Crippen molar-refractivity contribution >= 4 is 11.6 Å². The molecule has 0 aliphatic carbocycles. The van der Waals surface area contributed by atoms with E-state index in [0.717, 1.165) is 61.6 Å². The fourth-order valence-corrected chi connectivity index (χ4v) is 5.33. The average Bonchev–Trinajstić information content (AvgIpc) is 3.15. The third-order valence-corrected chi connectivity index (χ3v) is 7.41. The van der Waals surface area contributed by atoms with Gasteiger partial charge in [-0.1, -0.05) is 47.5 Å². The number of anilines is 1. The van der Waals surface area contributed by atoms with Crippen LogP contribution in [0.2, 0.25) is 0 Å². The minimum absolute atomic E-state index is 0.0198. The molecule has 1 fully saturated rings. The molecule has 2 aliphatic rings. The van der Waals surface area contributed by atoms with E-state index in [0.29, 0.717) is 0 Å². The van der Waals surface area contributed by atoms with E-state index in [2.05, 4.69) is 48.2 Å². The predicted molar refractivity (Wildman–Crippen MR) is 133 cm³/mol. The SMILES string of the molecule is COc1ccc2c(c1)C1(CCN(Cc3ccc(C)cc3)CC1)CN2C(=O)c1ccc(C)cc1. The van der Waals surface area contributed by atoms with Gasteiger partial charge in [0.25, 0.3) is 5.91 Å². The fourth-order valence-electron chi connectivity index (χ4n) is 5.33. The number of ether oxygens (including phenoxy) is 1. The van der Waals surface area contributed by atoms with E-state index < -0.39 is 0 Å². The highest BCUT2D eigenvalue weighted by Gasteiger charge is 2.46. The third-order valence-electron chi connectivity index (χ3n) is 7.41. The first-order chi connectivity index (χ1) is 16.0. The van der Waals surface area contributed by atoms with Crippen molar-refractivity contribution < 1.29 is 9.53 Å². The Morgan fingerprint density at radius 1 is 0.909 bits per heavy atom. The monoisotopic (exact) mass is 440 g/mol. The van der Waals surface area contributed by atoms with E-state index >= 15 is 0 Å². The Morgan fingerprint density at radius 3 is 2.18 bits per heavy atom. The molecule has 170 valence electrons. The molecular weight excluding hydrogens is 408 g/mol. The lowest BCUT2D eigenvalue weighted by Crippen LogP contribution is -2.45. The summed E-state index contributed by atoms with van der Waals surface area (Å²) in [5.74, 6) is 0.945. The number of methoxy groups -OCH3 is 1. The summed E-state index contributed by atoms with van der Waals surface area (Å²) >= 11 is 0. The van der Waals surface area contributed by atoms with Crippen molar-refractivity contribution in [3.63, 3.8) is 0 Å². The van der Waals surface area contributed by atoms with Crippen LogP contribution in [-0.2, 0) is 12.0 Å². The van der Waals surface area contributed by atoms with Gasteiger partial charge >= 0.3 is 0 Å². The van der Waals surface area contributed by atoms with Gasteiger partial charge < -0.3 is 9.64 Å². The van der Waals surface area contributed by atoms with E-state index in [1.54, 1.807) is 7.11 Å². The van der Waals surface area contributed by atoms with Gasteiger partial charge in [0.1, 0.15) is 5.75 Å². The first-order valence-electron chi connectivity index (χ1n) is 11.8. The second-order valence-corrected chi connectivity index (χ2v) is 9.68. The number of nitrogens with zero attached hydrogens (tertiary/aromatic N) is 2. The molecule has 0 unspecified atom stereocenters. The summed E-state index contributed by atoms with van der Waals surface area (Å²) < 4.78 is 5.56. The van der Waals surface area contributed by atoms with Crippen LogP contribution < -0.4 is 9.64 Å². The number of benzene rings is 3. The quantitative estimate of drug-likeness (QED) is 0.537. The second-order valence-electron chi connectivity index (χ2n) is 9.68. The van der Waals surface area contributed by atoms with Crippen molar-refractivity contribution in [1.29, 1.82) is 0 Å². The Labute approximate surface area is 196 Å². The van der Waals surface area contributed by atoms with E-state index in [1.165, 1.54) is 16.7 Å². The number of amides is 1. The number of likely N-dealkylation sites (tertiary alicyclic amines) is 1. The number of carbonyl (C=O) groups excluding carboxylic acids is 1. The molecule has 5 rings (SSSR count). The van der Waals surface area contributed by atoms with Crippen LogP contribution in [0.4, 0.5) is 5.69 Å². The van der Waals surface area contributed by atoms with Gasteiger partial charge in [0.05, 0.1) is 7.11 Å². The van der Waals surface area contributed by atoms with E-state index in [1.807, 2.05) is 42.2 Å². The topological polar surface area (TPSA) is 32.8 Å². The van der Waals surface area contributed by atoms with Gasteiger partial charge in [-0.15, -0.1) is 0 Å². The smallest absolute Gasteiger partial charge is 0.258 e. The Bertz CT molecular complexity index is 1140. The molecule has 33 heavy (non-hydrogen) atoms. The minimum Gasteiger partial charge on any atom is -0.497 e. The summed E-state index contributed by atoms with van der Waals surface area (Å²) in [4.78, 5) is 18.1. The third kappa shape index (κ3) is 4.16. The summed E-state index contributed by atoms with van der Waals surface area (Å²) in [5, 5.41) is 0. The van der Waals surface area contributed by atoms with Gasteiger partial charge in [-0.2, -0.15) is 0 Å². The molecule has 0 saturated carbocycles. The normalized spacial score (nSPS) is 17.2. The minimum atomic E-state index is -0.0198. The molecule has 4 heteroatoms. The van der Waals surface area contributed by atoms with Crippen LogP contribution in [-0.4, -0.2) is 37.6 Å². The number of hydrogen-bond donors (Lipinski definition) is 0. The van der Waals surface area contributed by atoms with E-state index in [-0.39, 0.29) is 11.3 Å². The first kappa shape index (κ1) is 21.7. The largest absolute Gasteiger partial charge is 0.497 e. The molecule has 0 N–H and O–H groups in total. The highest BCUT2D eigenvalue weighted by atomic mass is 16.5. The van der Waals surface area contributed by atoms with Gasteiger partial charge in [-0.25, -0.2) is 0 Å². The van der Waals surface area contributed by atoms with Crippen molar-refractivity contribution in [2.24, 2.45) is 0 Å². The molecule has 0 atom stereocenters. The molecule has 1 spiro atoms. The number of fused-ring (bicyclic) bond motifs is 2. The summed E-state index contributed by atoms with van der Waals surface area (Å²) in [6.45, 7) is 7.94. The second kappa shape index (κ2) is 8.68. The van der Waals surface area contributed by atoms with Crippen LogP contribution in [0.25, 0.3) is 0 Å². The molecule has 2 aliphatic heterocycles. The summed E-state index contributed by atoms with van der Waals surface area (Å²) in [5.41, 5.74) is 6.85. The molecule has 3 aromatic rings. The molecule has 2 heterocycles. The molecule has 4 nitrogen and oxygen atoms in total. The number of hydrogen-bond acceptors (Lipinski definition) is 3. The maximum atomic E-state index is 13.5. The van der Waals surface area contributed by atoms with Crippen LogP contribution >= 0.6 is 0 Å². The van der Waals surface area contributed by atoms with Crippen LogP contribution in [0.3, 0.4) is 0 Å². The summed E-state index contributed by atoms with van der Waals surface area (Å²) in [6, 6.07) is 22.9. The van der Waals surface area contributed by atoms with Crippen molar-refractivity contribution in [3.05, 3.63) is 94.5 Å². The van der Waals surface area contributed by atoms with Crippen molar-refractivity contribution in [3.8, 4) is 5.75 Å². The maximum absolute atomic E-state index is 13.5. The molecule has 1 saturated heterocycles. The average molecular weight is 441 g/mol. The number of rotatable bonds is 4. The standard InChI is InChI=1S/C29H32N2O2/c1-21-4-8-23(9-5-21)19-30-16-14-29(15-17-30)20-31(27-13-12-25(33-3)18-26(27)29)28(32)24-10-6-22(2)7-11-24/h4-13,18H,14-17,19-20H2,1-3H3. The zero-order valence-electron chi connectivity index (χ0n) is 19.8. The Balaban J connectivity index is 1.39. The van der Waals surface area contributed by atoms with Crippen LogP contribution in [0, 0.1) is 13.8 Å². The lowest BCUT2D eigenvalue weighted by Gasteiger charge is -2.40. The molecule has 0 radical (unpaired) electrons. The number of piperidine rings is 1. The van der Waals surface area contributed by atoms with E-state index in [4.69, 9.17) is 4.74 Å². The first-order valence-corrected chi connectivity index (χ1v) is 11.8. The fraction of sp³-hybridized carbons (Fsp3) is 0.345. The maximum Gasteiger partial charge on any atom is 0.258 e. The molecular formula is C29H32N2O2. The van der Waals surface area contributed by atoms with Crippen molar-refractivity contribution in [1.82, 2.24) is 4.90 Å². The highest BCUT2D eigenvalue weighted by molar-refractivity contribution is 6.07. The molecule has 0 bridgehead atoms. The Morgan fingerprint density at radius 2 is 1.55 bits per heavy atom. The van der Waals surface area contributed by atoms with Gasteiger partial charge in [-0.3, -0.25) is 9.69 Å². The Kier molecular flexibility index (Phi) is 5.71. The highest BCUT2D eigenvalue weighted by Crippen LogP contribution is 2.48. The summed E-state index contributed by atoms with van der Waals surface area (Å²) in [7, 11) is 1.71. The van der Waals surface area contributed by atoms with Crippen LogP contribution in [0.15, 0.2) is 66.7 Å². The van der Waals surface area contributed by atoms with Gasteiger partial charge in [0.2, 0.25) is 0 Å². The summed E-state index contributed by atoms with van der Waals surface area (Å²) in [6.07, 6.45) is 2.08. The van der Waals surface area contributed by atoms with E-state index in [9.17, 15) is 4.79 Å². The van der Waals surface area contributed by atoms with Crippen LogP contribution in [0.1, 0.15) is 45.5 Å². The molecule has 0 aromatic heterocycles. The molecule has 3 aromatic carbocycles. The van der Waals surface area contributed by atoms with Crippen molar-refractivity contribution in [2.45, 2.75) is 38.6 Å². The van der Waals surface area contributed by atoms with Gasteiger partial charge in [0, 0.05) is 29.8 Å². The van der Waals surface area contributed by atoms with Crippen LogP contribution in [0.5, 0.6) is 5.75 Å². The molecule has 1 amide bonds. The van der Waals surface area contributed by atoms with Crippen molar-refractivity contribution in [2.75, 3.05) is 31.6 Å². The number of carbonyl (C=O) groups is 1. The number of aryl methyl sites for hydroxylation is 2. The predicted octanol–water partition coefficient (Wildman–Crippen LogP) is 5.51. The lowest BCUT2D eigenvalue weighted by molar-refractivity contribution is 0.0975. The van der Waals surface area contributed by atoms with Gasteiger partial charge in [-0.05, 0) is 81.2 Å². The Hall–Kier alpha value is -3.11. The zero-order chi connectivity index (χ0) is 23.0.